The highest BCUT2D eigenvalue weighted by Gasteiger charge is 2.32. The van der Waals surface area contributed by atoms with Crippen LogP contribution in [0.5, 0.6) is 0 Å². The van der Waals surface area contributed by atoms with E-state index in [1.54, 1.807) is 24.3 Å². The molecule has 1 atom stereocenters. The minimum atomic E-state index is -3.54. The zero-order valence-corrected chi connectivity index (χ0v) is 12.2. The summed E-state index contributed by atoms with van der Waals surface area (Å²) in [6.45, 7) is 0.399. The topological polar surface area (TPSA) is 98.5 Å². The molecular weight excluding hydrogens is 292 g/mol. The number of nitrogens with zero attached hydrogens (tertiary/aromatic N) is 2. The summed E-state index contributed by atoms with van der Waals surface area (Å²) >= 11 is 0. The van der Waals surface area contributed by atoms with Gasteiger partial charge in [-0.25, -0.2) is 12.7 Å². The first-order valence-electron chi connectivity index (χ1n) is 6.62. The third kappa shape index (κ3) is 3.80. The fourth-order valence-corrected chi connectivity index (χ4v) is 3.98. The minimum absolute atomic E-state index is 0.0357. The standard InChI is InChI=1S/C14H16N2O4S/c15-8-11-3-5-12(6-4-11)10-21(19,20)16-7-1-2-13(9-16)14(17)18/h3-6,13H,1-2,7,9-10H2,(H,17,18). The molecule has 1 aliphatic rings. The first-order valence-corrected chi connectivity index (χ1v) is 8.23. The second kappa shape index (κ2) is 6.24. The molecular formula is C14H16N2O4S. The van der Waals surface area contributed by atoms with Crippen molar-refractivity contribution in [2.45, 2.75) is 18.6 Å². The van der Waals surface area contributed by atoms with Gasteiger partial charge in [-0.3, -0.25) is 4.79 Å². The van der Waals surface area contributed by atoms with Crippen molar-refractivity contribution >= 4 is 16.0 Å². The molecule has 0 amide bonds. The third-order valence-corrected chi connectivity index (χ3v) is 5.38. The average Bonchev–Trinajstić information content (AvgIpc) is 2.48. The van der Waals surface area contributed by atoms with Gasteiger partial charge in [-0.1, -0.05) is 12.1 Å². The van der Waals surface area contributed by atoms with Gasteiger partial charge < -0.3 is 5.11 Å². The van der Waals surface area contributed by atoms with Crippen molar-refractivity contribution in [3.8, 4) is 6.07 Å². The van der Waals surface area contributed by atoms with E-state index >= 15 is 0 Å². The highest BCUT2D eigenvalue weighted by atomic mass is 32.2. The molecule has 21 heavy (non-hydrogen) atoms. The van der Waals surface area contributed by atoms with E-state index in [1.807, 2.05) is 6.07 Å². The van der Waals surface area contributed by atoms with Crippen molar-refractivity contribution in [2.75, 3.05) is 13.1 Å². The molecule has 7 heteroatoms. The molecule has 1 unspecified atom stereocenters. The van der Waals surface area contributed by atoms with Crippen molar-refractivity contribution in [3.05, 3.63) is 35.4 Å². The number of nitriles is 1. The number of hydrogen-bond donors (Lipinski definition) is 1. The number of benzene rings is 1. The summed E-state index contributed by atoms with van der Waals surface area (Å²) in [6, 6.07) is 8.33. The highest BCUT2D eigenvalue weighted by molar-refractivity contribution is 7.88. The Hall–Kier alpha value is -1.91. The summed E-state index contributed by atoms with van der Waals surface area (Å²) in [6.07, 6.45) is 1.07. The maximum Gasteiger partial charge on any atom is 0.307 e. The number of carbonyl (C=O) groups is 1. The Balaban J connectivity index is 2.10. The lowest BCUT2D eigenvalue weighted by Crippen LogP contribution is -2.42. The van der Waals surface area contributed by atoms with Crippen LogP contribution in [0.15, 0.2) is 24.3 Å². The van der Waals surface area contributed by atoms with E-state index in [9.17, 15) is 13.2 Å². The van der Waals surface area contributed by atoms with E-state index in [4.69, 9.17) is 10.4 Å². The molecule has 0 radical (unpaired) electrons. The molecule has 1 N–H and O–H groups in total. The first-order chi connectivity index (χ1) is 9.92. The van der Waals surface area contributed by atoms with E-state index in [-0.39, 0.29) is 12.3 Å². The number of piperidine rings is 1. The predicted molar refractivity (Wildman–Crippen MR) is 75.7 cm³/mol. The third-order valence-electron chi connectivity index (χ3n) is 3.56. The van der Waals surface area contributed by atoms with Crippen LogP contribution in [0.4, 0.5) is 0 Å². The van der Waals surface area contributed by atoms with Crippen LogP contribution < -0.4 is 0 Å². The fraction of sp³-hybridized carbons (Fsp3) is 0.429. The molecule has 1 aromatic carbocycles. The number of carboxylic acid groups (broad SMARTS) is 1. The second-order valence-corrected chi connectivity index (χ2v) is 7.07. The number of sulfonamides is 1. The Morgan fingerprint density at radius 3 is 2.62 bits per heavy atom. The van der Waals surface area contributed by atoms with Crippen LogP contribution in [0.3, 0.4) is 0 Å². The summed E-state index contributed by atoms with van der Waals surface area (Å²) in [7, 11) is -3.54. The molecule has 0 bridgehead atoms. The lowest BCUT2D eigenvalue weighted by molar-refractivity contribution is -0.142. The summed E-state index contributed by atoms with van der Waals surface area (Å²) in [4.78, 5) is 11.0. The summed E-state index contributed by atoms with van der Waals surface area (Å²) in [5.41, 5.74) is 1.06. The van der Waals surface area contributed by atoms with Crippen molar-refractivity contribution in [1.29, 1.82) is 5.26 Å². The predicted octanol–water partition coefficient (Wildman–Crippen LogP) is 1.18. The van der Waals surface area contributed by atoms with Gasteiger partial charge in [-0.05, 0) is 30.5 Å². The monoisotopic (exact) mass is 308 g/mol. The molecule has 0 saturated carbocycles. The maximum atomic E-state index is 12.3. The molecule has 1 saturated heterocycles. The average molecular weight is 308 g/mol. The van der Waals surface area contributed by atoms with Crippen LogP contribution in [-0.2, 0) is 20.6 Å². The molecule has 1 aromatic rings. The Bertz CT molecular complexity index is 661. The summed E-state index contributed by atoms with van der Waals surface area (Å²) < 4.78 is 25.9. The Morgan fingerprint density at radius 1 is 1.38 bits per heavy atom. The molecule has 112 valence electrons. The molecule has 1 aliphatic heterocycles. The Morgan fingerprint density at radius 2 is 2.05 bits per heavy atom. The van der Waals surface area contributed by atoms with Gasteiger partial charge in [0.25, 0.3) is 0 Å². The van der Waals surface area contributed by atoms with Crippen molar-refractivity contribution in [1.82, 2.24) is 4.31 Å². The minimum Gasteiger partial charge on any atom is -0.481 e. The van der Waals surface area contributed by atoms with Gasteiger partial charge >= 0.3 is 5.97 Å². The van der Waals surface area contributed by atoms with Gasteiger partial charge in [-0.2, -0.15) is 5.26 Å². The molecule has 2 rings (SSSR count). The van der Waals surface area contributed by atoms with E-state index in [0.717, 1.165) is 0 Å². The van der Waals surface area contributed by atoms with Crippen LogP contribution in [0.1, 0.15) is 24.0 Å². The van der Waals surface area contributed by atoms with E-state index in [1.165, 1.54) is 4.31 Å². The molecule has 0 aromatic heterocycles. The zero-order valence-electron chi connectivity index (χ0n) is 11.4. The van der Waals surface area contributed by atoms with Crippen LogP contribution >= 0.6 is 0 Å². The van der Waals surface area contributed by atoms with Crippen LogP contribution in [0, 0.1) is 17.2 Å². The largest absolute Gasteiger partial charge is 0.481 e. The Labute approximate surface area is 123 Å². The van der Waals surface area contributed by atoms with Crippen LogP contribution in [0.25, 0.3) is 0 Å². The number of hydrogen-bond acceptors (Lipinski definition) is 4. The van der Waals surface area contributed by atoms with Gasteiger partial charge in [0, 0.05) is 13.1 Å². The van der Waals surface area contributed by atoms with Crippen molar-refractivity contribution < 1.29 is 18.3 Å². The molecule has 0 aliphatic carbocycles. The van der Waals surface area contributed by atoms with Crippen molar-refractivity contribution in [3.63, 3.8) is 0 Å². The van der Waals surface area contributed by atoms with Gasteiger partial charge in [-0.15, -0.1) is 0 Å². The zero-order chi connectivity index (χ0) is 15.5. The highest BCUT2D eigenvalue weighted by Crippen LogP contribution is 2.21. The van der Waals surface area contributed by atoms with E-state index in [0.29, 0.717) is 30.5 Å². The van der Waals surface area contributed by atoms with Gasteiger partial charge in [0.05, 0.1) is 23.3 Å². The molecule has 1 heterocycles. The van der Waals surface area contributed by atoms with Gasteiger partial charge in [0.15, 0.2) is 0 Å². The second-order valence-electron chi connectivity index (χ2n) is 5.10. The maximum absolute atomic E-state index is 12.3. The van der Waals surface area contributed by atoms with E-state index in [2.05, 4.69) is 0 Å². The quantitative estimate of drug-likeness (QED) is 0.900. The summed E-state index contributed by atoms with van der Waals surface area (Å²) in [5.74, 6) is -1.76. The fourth-order valence-electron chi connectivity index (χ4n) is 2.37. The van der Waals surface area contributed by atoms with Crippen LogP contribution in [-0.4, -0.2) is 36.9 Å². The Kier molecular flexibility index (Phi) is 4.60. The van der Waals surface area contributed by atoms with E-state index < -0.39 is 21.9 Å². The summed E-state index contributed by atoms with van der Waals surface area (Å²) in [5, 5.41) is 17.7. The van der Waals surface area contributed by atoms with Gasteiger partial charge in [0.1, 0.15) is 0 Å². The molecule has 6 nitrogen and oxygen atoms in total. The van der Waals surface area contributed by atoms with Gasteiger partial charge in [0.2, 0.25) is 10.0 Å². The molecule has 0 spiro atoms. The number of aliphatic carboxylic acids is 1. The van der Waals surface area contributed by atoms with Crippen LogP contribution in [0.2, 0.25) is 0 Å². The number of carboxylic acids is 1. The lowest BCUT2D eigenvalue weighted by Gasteiger charge is -2.29. The first kappa shape index (κ1) is 15.5. The number of rotatable bonds is 4. The van der Waals surface area contributed by atoms with Crippen molar-refractivity contribution in [2.24, 2.45) is 5.92 Å². The lowest BCUT2D eigenvalue weighted by atomic mass is 10.0. The smallest absolute Gasteiger partial charge is 0.307 e. The molecule has 1 fully saturated rings. The normalized spacial score (nSPS) is 19.9. The SMILES string of the molecule is N#Cc1ccc(CS(=O)(=O)N2CCCC(C(=O)O)C2)cc1.